The van der Waals surface area contributed by atoms with Gasteiger partial charge in [0.1, 0.15) is 0 Å². The Morgan fingerprint density at radius 2 is 1.96 bits per heavy atom. The summed E-state index contributed by atoms with van der Waals surface area (Å²) in [6, 6.07) is 10.5. The Morgan fingerprint density at radius 1 is 1.24 bits per heavy atom. The summed E-state index contributed by atoms with van der Waals surface area (Å²) in [7, 11) is 0. The lowest BCUT2D eigenvalue weighted by atomic mass is 10.1. The molecular formula is C19H28IN5. The van der Waals surface area contributed by atoms with Crippen molar-refractivity contribution in [2.24, 2.45) is 4.99 Å². The first-order valence-corrected chi connectivity index (χ1v) is 9.06. The molecule has 1 aromatic rings. The van der Waals surface area contributed by atoms with Gasteiger partial charge in [0.05, 0.1) is 18.2 Å². The molecule has 136 valence electrons. The van der Waals surface area contributed by atoms with Gasteiger partial charge in [0.15, 0.2) is 5.96 Å². The molecule has 0 amide bonds. The Kier molecular flexibility index (Phi) is 7.97. The van der Waals surface area contributed by atoms with Crippen LogP contribution in [-0.2, 0) is 6.54 Å². The molecule has 0 aromatic heterocycles. The van der Waals surface area contributed by atoms with Gasteiger partial charge in [-0.05, 0) is 57.0 Å². The van der Waals surface area contributed by atoms with E-state index in [2.05, 4.69) is 28.1 Å². The van der Waals surface area contributed by atoms with Crippen molar-refractivity contribution in [3.63, 3.8) is 0 Å². The number of nitrogens with one attached hydrogen (secondary N) is 1. The van der Waals surface area contributed by atoms with E-state index in [-0.39, 0.29) is 24.0 Å². The van der Waals surface area contributed by atoms with Crippen LogP contribution in [0.5, 0.6) is 0 Å². The summed E-state index contributed by atoms with van der Waals surface area (Å²) < 4.78 is 0. The molecule has 6 heteroatoms. The second-order valence-electron chi connectivity index (χ2n) is 6.61. The maximum atomic E-state index is 8.88. The summed E-state index contributed by atoms with van der Waals surface area (Å²) in [5, 5.41) is 12.3. The minimum atomic E-state index is 0. The highest BCUT2D eigenvalue weighted by atomic mass is 127. The topological polar surface area (TPSA) is 54.7 Å². The van der Waals surface area contributed by atoms with E-state index in [9.17, 15) is 0 Å². The van der Waals surface area contributed by atoms with Gasteiger partial charge in [-0.1, -0.05) is 12.1 Å². The maximum absolute atomic E-state index is 8.88. The zero-order valence-electron chi connectivity index (χ0n) is 14.9. The van der Waals surface area contributed by atoms with Gasteiger partial charge in [0.2, 0.25) is 0 Å². The molecule has 2 saturated heterocycles. The highest BCUT2D eigenvalue weighted by Crippen LogP contribution is 2.20. The van der Waals surface area contributed by atoms with E-state index in [4.69, 9.17) is 10.3 Å². The third-order valence-corrected chi connectivity index (χ3v) is 4.95. The molecule has 0 aliphatic carbocycles. The number of nitrogens with zero attached hydrogens (tertiary/aromatic N) is 4. The Morgan fingerprint density at radius 3 is 2.60 bits per heavy atom. The predicted octanol–water partition coefficient (Wildman–Crippen LogP) is 2.81. The summed E-state index contributed by atoms with van der Waals surface area (Å²) in [5.41, 5.74) is 1.84. The zero-order chi connectivity index (χ0) is 16.8. The summed E-state index contributed by atoms with van der Waals surface area (Å²) in [4.78, 5) is 9.85. The number of nitriles is 1. The van der Waals surface area contributed by atoms with Crippen molar-refractivity contribution < 1.29 is 0 Å². The summed E-state index contributed by atoms with van der Waals surface area (Å²) in [6.45, 7) is 8.34. The number of guanidine groups is 1. The van der Waals surface area contributed by atoms with Crippen molar-refractivity contribution in [2.75, 3.05) is 32.7 Å². The quantitative estimate of drug-likeness (QED) is 0.433. The molecule has 1 unspecified atom stereocenters. The van der Waals surface area contributed by atoms with Gasteiger partial charge >= 0.3 is 0 Å². The number of aliphatic imine (C=N–C) groups is 1. The molecule has 2 aliphatic heterocycles. The molecule has 1 atom stereocenters. The molecule has 0 saturated carbocycles. The van der Waals surface area contributed by atoms with Crippen LogP contribution < -0.4 is 5.32 Å². The summed E-state index contributed by atoms with van der Waals surface area (Å²) >= 11 is 0. The molecule has 2 fully saturated rings. The predicted molar refractivity (Wildman–Crippen MR) is 112 cm³/mol. The average Bonchev–Trinajstić information content (AvgIpc) is 3.30. The van der Waals surface area contributed by atoms with E-state index in [1.807, 2.05) is 24.3 Å². The third-order valence-electron chi connectivity index (χ3n) is 4.95. The second-order valence-corrected chi connectivity index (χ2v) is 6.61. The van der Waals surface area contributed by atoms with Crippen molar-refractivity contribution in [2.45, 2.75) is 38.8 Å². The van der Waals surface area contributed by atoms with Crippen LogP contribution in [0.3, 0.4) is 0 Å². The Bertz CT molecular complexity index is 601. The number of halogens is 1. The highest BCUT2D eigenvalue weighted by Gasteiger charge is 2.30. The summed E-state index contributed by atoms with van der Waals surface area (Å²) in [5.74, 6) is 1.02. The SMILES string of the molecule is CCNC(=NCc1ccc(C#N)cc1)N1CCC(N2CCCC2)C1.I. The smallest absolute Gasteiger partial charge is 0.194 e. The molecule has 0 radical (unpaired) electrons. The molecule has 3 rings (SSSR count). The molecule has 1 aromatic carbocycles. The molecule has 2 aliphatic rings. The highest BCUT2D eigenvalue weighted by molar-refractivity contribution is 14.0. The molecular weight excluding hydrogens is 425 g/mol. The monoisotopic (exact) mass is 453 g/mol. The number of likely N-dealkylation sites (tertiary alicyclic amines) is 2. The Balaban J connectivity index is 0.00000225. The van der Waals surface area contributed by atoms with Gasteiger partial charge < -0.3 is 10.2 Å². The fraction of sp³-hybridized carbons (Fsp3) is 0.579. The minimum absolute atomic E-state index is 0. The average molecular weight is 453 g/mol. The lowest BCUT2D eigenvalue weighted by molar-refractivity contribution is 0.249. The largest absolute Gasteiger partial charge is 0.357 e. The van der Waals surface area contributed by atoms with Crippen LogP contribution in [-0.4, -0.2) is 54.5 Å². The fourth-order valence-electron chi connectivity index (χ4n) is 3.62. The van der Waals surface area contributed by atoms with Gasteiger partial charge in [-0.2, -0.15) is 5.26 Å². The van der Waals surface area contributed by atoms with Crippen LogP contribution in [0, 0.1) is 11.3 Å². The van der Waals surface area contributed by atoms with Gasteiger partial charge in [-0.25, -0.2) is 4.99 Å². The van der Waals surface area contributed by atoms with E-state index in [0.29, 0.717) is 18.2 Å². The molecule has 1 N–H and O–H groups in total. The first kappa shape index (κ1) is 20.0. The van der Waals surface area contributed by atoms with Crippen LogP contribution in [0.15, 0.2) is 29.3 Å². The van der Waals surface area contributed by atoms with Crippen molar-refractivity contribution in [1.29, 1.82) is 5.26 Å². The van der Waals surface area contributed by atoms with Crippen LogP contribution in [0.1, 0.15) is 37.3 Å². The van der Waals surface area contributed by atoms with E-state index in [1.165, 1.54) is 32.4 Å². The molecule has 0 bridgehead atoms. The van der Waals surface area contributed by atoms with Crippen LogP contribution in [0.25, 0.3) is 0 Å². The van der Waals surface area contributed by atoms with E-state index >= 15 is 0 Å². The standard InChI is InChI=1S/C19H27N5.HI/c1-2-21-19(22-14-17-7-5-16(13-20)6-8-17)24-12-9-18(15-24)23-10-3-4-11-23;/h5-8,18H,2-4,9-12,14-15H2,1H3,(H,21,22);1H. The Hall–Kier alpha value is -1.33. The molecule has 0 spiro atoms. The van der Waals surface area contributed by atoms with Crippen LogP contribution in [0.2, 0.25) is 0 Å². The number of benzene rings is 1. The fourth-order valence-corrected chi connectivity index (χ4v) is 3.62. The van der Waals surface area contributed by atoms with E-state index in [0.717, 1.165) is 31.2 Å². The number of rotatable bonds is 4. The van der Waals surface area contributed by atoms with Gasteiger partial charge in [-0.3, -0.25) is 4.90 Å². The number of hydrogen-bond donors (Lipinski definition) is 1. The summed E-state index contributed by atoms with van der Waals surface area (Å²) in [6.07, 6.45) is 3.94. The van der Waals surface area contributed by atoms with Crippen LogP contribution in [0.4, 0.5) is 0 Å². The maximum Gasteiger partial charge on any atom is 0.194 e. The Labute approximate surface area is 168 Å². The minimum Gasteiger partial charge on any atom is -0.357 e. The normalized spacial score (nSPS) is 21.0. The third kappa shape index (κ3) is 5.32. The van der Waals surface area contributed by atoms with Crippen molar-refractivity contribution >= 4 is 29.9 Å². The van der Waals surface area contributed by atoms with E-state index in [1.54, 1.807) is 0 Å². The molecule has 25 heavy (non-hydrogen) atoms. The number of hydrogen-bond acceptors (Lipinski definition) is 3. The van der Waals surface area contributed by atoms with Crippen molar-refractivity contribution in [3.05, 3.63) is 35.4 Å². The first-order chi connectivity index (χ1) is 11.8. The van der Waals surface area contributed by atoms with Crippen molar-refractivity contribution in [3.8, 4) is 6.07 Å². The lowest BCUT2D eigenvalue weighted by Crippen LogP contribution is -2.42. The van der Waals surface area contributed by atoms with Gasteiger partial charge in [0, 0.05) is 25.7 Å². The van der Waals surface area contributed by atoms with Gasteiger partial charge in [0.25, 0.3) is 0 Å². The van der Waals surface area contributed by atoms with Crippen molar-refractivity contribution in [1.82, 2.24) is 15.1 Å². The molecule has 2 heterocycles. The van der Waals surface area contributed by atoms with E-state index < -0.39 is 0 Å². The molecule has 5 nitrogen and oxygen atoms in total. The van der Waals surface area contributed by atoms with Crippen LogP contribution >= 0.6 is 24.0 Å². The lowest BCUT2D eigenvalue weighted by Gasteiger charge is -2.25. The first-order valence-electron chi connectivity index (χ1n) is 9.06. The zero-order valence-corrected chi connectivity index (χ0v) is 17.3. The van der Waals surface area contributed by atoms with Gasteiger partial charge in [-0.15, -0.1) is 24.0 Å². The second kappa shape index (κ2) is 9.97.